The molecule has 0 spiro atoms. The second kappa shape index (κ2) is 9.66. The molecule has 6 N–H and O–H groups in total. The van der Waals surface area contributed by atoms with Gasteiger partial charge < -0.3 is 26.2 Å². The molecule has 2 aromatic rings. The summed E-state index contributed by atoms with van der Waals surface area (Å²) >= 11 is 0. The lowest BCUT2D eigenvalue weighted by Crippen LogP contribution is -2.58. The number of aryl methyl sites for hydroxylation is 1. The molecular formula is C31H32N2O8. The van der Waals surface area contributed by atoms with Gasteiger partial charge in [-0.15, -0.1) is 0 Å². The van der Waals surface area contributed by atoms with Gasteiger partial charge in [-0.3, -0.25) is 24.2 Å². The number of hydrogen-bond donors (Lipinski definition) is 5. The van der Waals surface area contributed by atoms with Crippen LogP contribution in [0.25, 0.3) is 5.76 Å². The number of phenolic OH excluding ortho intramolecular Hbond substituents is 1. The molecule has 5 rings (SSSR count). The molecule has 1 heterocycles. The highest BCUT2D eigenvalue weighted by molar-refractivity contribution is 6.22. The second-order valence-corrected chi connectivity index (χ2v) is 12.1. The van der Waals surface area contributed by atoms with Crippen LogP contribution in [0.1, 0.15) is 72.6 Å². The number of aliphatic hydroxyl groups is 3. The first-order chi connectivity index (χ1) is 19.2. The van der Waals surface area contributed by atoms with E-state index >= 15 is 0 Å². The maximum atomic E-state index is 13.8. The van der Waals surface area contributed by atoms with E-state index in [4.69, 9.17) is 5.73 Å². The number of carbonyl (C=O) groups excluding carboxylic acids is 4. The van der Waals surface area contributed by atoms with E-state index in [1.165, 1.54) is 6.20 Å². The van der Waals surface area contributed by atoms with Gasteiger partial charge in [0.2, 0.25) is 5.78 Å². The molecule has 41 heavy (non-hydrogen) atoms. The predicted octanol–water partition coefficient (Wildman–Crippen LogP) is 2.93. The molecule has 0 bridgehead atoms. The Morgan fingerprint density at radius 2 is 1.85 bits per heavy atom. The minimum absolute atomic E-state index is 0.0355. The number of nitrogens with two attached hydrogens (primary N) is 1. The standard InChI is InChI=1S/C31H32N2O8/c1-30(2,3)19-11-14(6-7-20(34)15-5-4-8-33-13-15)18-10-16-9-17-12-21(35)24(29(32)40)28(39)31(17,41)27(38)22(16)26(37)23(18)25(19)36/h4-5,8,11,13,16-17,36-37,39,41H,6-7,9-10,12H2,1-3H3,(H2,32,40)/t16-,17+,31+/m1/s1. The van der Waals surface area contributed by atoms with Crippen LogP contribution in [0.4, 0.5) is 0 Å². The van der Waals surface area contributed by atoms with Crippen molar-refractivity contribution in [2.75, 3.05) is 0 Å². The zero-order valence-corrected chi connectivity index (χ0v) is 23.0. The van der Waals surface area contributed by atoms with Crippen LogP contribution in [0.15, 0.2) is 47.5 Å². The number of rotatable bonds is 5. The molecule has 3 aliphatic carbocycles. The summed E-state index contributed by atoms with van der Waals surface area (Å²) in [6, 6.07) is 5.17. The number of ketones is 3. The van der Waals surface area contributed by atoms with Gasteiger partial charge in [-0.1, -0.05) is 26.8 Å². The van der Waals surface area contributed by atoms with E-state index < -0.39 is 57.4 Å². The molecule has 1 aromatic carbocycles. The van der Waals surface area contributed by atoms with Gasteiger partial charge in [0.25, 0.3) is 5.91 Å². The summed E-state index contributed by atoms with van der Waals surface area (Å²) in [5.74, 6) is -6.78. The van der Waals surface area contributed by atoms with E-state index in [2.05, 4.69) is 4.98 Å². The molecule has 10 nitrogen and oxygen atoms in total. The van der Waals surface area contributed by atoms with Crippen LogP contribution in [-0.2, 0) is 32.6 Å². The number of phenols is 1. The molecule has 3 atom stereocenters. The first kappa shape index (κ1) is 28.2. The third-order valence-corrected chi connectivity index (χ3v) is 8.57. The number of carbonyl (C=O) groups is 4. The second-order valence-electron chi connectivity index (χ2n) is 12.1. The molecular weight excluding hydrogens is 528 g/mol. The Kier molecular flexibility index (Phi) is 6.65. The van der Waals surface area contributed by atoms with Crippen LogP contribution in [0.3, 0.4) is 0 Å². The Bertz CT molecular complexity index is 1580. The third kappa shape index (κ3) is 4.33. The lowest BCUT2D eigenvalue weighted by atomic mass is 9.59. The van der Waals surface area contributed by atoms with Crippen molar-refractivity contribution in [2.45, 2.75) is 63.9 Å². The smallest absolute Gasteiger partial charge is 0.255 e. The van der Waals surface area contributed by atoms with E-state index in [9.17, 15) is 39.6 Å². The predicted molar refractivity (Wildman–Crippen MR) is 147 cm³/mol. The SMILES string of the molecule is CC(C)(C)c1cc(CCC(=O)c2cccnc2)c2c(c1O)C(O)=C1C(=O)[C@]3(O)C(O)=C(C(N)=O)C(=O)C[C@@H]3C[C@@H]1C2. The largest absolute Gasteiger partial charge is 0.508 e. The molecule has 1 amide bonds. The fourth-order valence-electron chi connectivity index (χ4n) is 6.48. The molecule has 10 heteroatoms. The Labute approximate surface area is 236 Å². The number of aliphatic hydroxyl groups excluding tert-OH is 2. The lowest BCUT2D eigenvalue weighted by Gasteiger charge is -2.46. The van der Waals surface area contributed by atoms with Crippen molar-refractivity contribution in [3.63, 3.8) is 0 Å². The van der Waals surface area contributed by atoms with E-state index in [1.54, 1.807) is 18.3 Å². The van der Waals surface area contributed by atoms with Gasteiger partial charge in [-0.25, -0.2) is 0 Å². The van der Waals surface area contributed by atoms with E-state index in [-0.39, 0.29) is 48.4 Å². The van der Waals surface area contributed by atoms with Gasteiger partial charge in [0.15, 0.2) is 17.2 Å². The van der Waals surface area contributed by atoms with Crippen LogP contribution in [0.2, 0.25) is 0 Å². The molecule has 1 saturated carbocycles. The highest BCUT2D eigenvalue weighted by atomic mass is 16.3. The number of hydrogen-bond acceptors (Lipinski definition) is 9. The van der Waals surface area contributed by atoms with Crippen LogP contribution in [-0.4, -0.2) is 54.3 Å². The Morgan fingerprint density at radius 1 is 1.15 bits per heavy atom. The normalized spacial score (nSPS) is 24.1. The van der Waals surface area contributed by atoms with Crippen molar-refractivity contribution in [3.8, 4) is 5.75 Å². The Morgan fingerprint density at radius 3 is 2.46 bits per heavy atom. The molecule has 1 aromatic heterocycles. The van der Waals surface area contributed by atoms with E-state index in [0.29, 0.717) is 23.1 Å². The topological polar surface area (TPSA) is 188 Å². The number of aromatic hydroxyl groups is 1. The van der Waals surface area contributed by atoms with Crippen molar-refractivity contribution >= 4 is 29.0 Å². The first-order valence-corrected chi connectivity index (χ1v) is 13.5. The maximum absolute atomic E-state index is 13.8. The quantitative estimate of drug-likeness (QED) is 0.270. The summed E-state index contributed by atoms with van der Waals surface area (Å²) in [4.78, 5) is 55.2. The number of benzene rings is 1. The van der Waals surface area contributed by atoms with Crippen LogP contribution in [0, 0.1) is 11.8 Å². The summed E-state index contributed by atoms with van der Waals surface area (Å²) < 4.78 is 0. The summed E-state index contributed by atoms with van der Waals surface area (Å²) in [5.41, 5.74) is 3.31. The van der Waals surface area contributed by atoms with Crippen molar-refractivity contribution in [3.05, 3.63) is 75.3 Å². The molecule has 0 radical (unpaired) electrons. The summed E-state index contributed by atoms with van der Waals surface area (Å²) in [7, 11) is 0. The van der Waals surface area contributed by atoms with Gasteiger partial charge in [-0.05, 0) is 53.9 Å². The molecule has 3 aliphatic rings. The van der Waals surface area contributed by atoms with Crippen molar-refractivity contribution < 1.29 is 39.6 Å². The molecule has 214 valence electrons. The van der Waals surface area contributed by atoms with Gasteiger partial charge >= 0.3 is 0 Å². The number of amides is 1. The molecule has 0 saturated heterocycles. The first-order valence-electron chi connectivity index (χ1n) is 13.5. The fraction of sp³-hybridized carbons (Fsp3) is 0.387. The van der Waals surface area contributed by atoms with E-state index in [0.717, 1.165) is 5.56 Å². The van der Waals surface area contributed by atoms with Gasteiger partial charge in [0.05, 0.1) is 5.56 Å². The number of primary amides is 1. The zero-order chi connectivity index (χ0) is 30.0. The van der Waals surface area contributed by atoms with Crippen molar-refractivity contribution in [2.24, 2.45) is 17.6 Å². The van der Waals surface area contributed by atoms with Gasteiger partial charge in [0, 0.05) is 47.9 Å². The van der Waals surface area contributed by atoms with E-state index in [1.807, 2.05) is 26.8 Å². The number of fused-ring (bicyclic) bond motifs is 3. The average molecular weight is 561 g/mol. The summed E-state index contributed by atoms with van der Waals surface area (Å²) in [5, 5.41) is 45.2. The maximum Gasteiger partial charge on any atom is 0.255 e. The molecule has 0 unspecified atom stereocenters. The number of pyridine rings is 1. The average Bonchev–Trinajstić information content (AvgIpc) is 2.89. The third-order valence-electron chi connectivity index (χ3n) is 8.57. The number of aromatic nitrogens is 1. The summed E-state index contributed by atoms with van der Waals surface area (Å²) in [6.07, 6.45) is 3.33. The van der Waals surface area contributed by atoms with Gasteiger partial charge in [0.1, 0.15) is 22.8 Å². The van der Waals surface area contributed by atoms with Crippen molar-refractivity contribution in [1.29, 1.82) is 0 Å². The fourth-order valence-corrected chi connectivity index (χ4v) is 6.48. The molecule has 0 aliphatic heterocycles. The number of nitrogens with zero attached hydrogens (tertiary/aromatic N) is 1. The highest BCUT2D eigenvalue weighted by Gasteiger charge is 2.60. The number of Topliss-reactive ketones (excluding diaryl/α,β-unsaturated/α-hetero) is 3. The Hall–Kier alpha value is -4.31. The van der Waals surface area contributed by atoms with Crippen LogP contribution < -0.4 is 5.73 Å². The minimum atomic E-state index is -2.62. The van der Waals surface area contributed by atoms with Crippen LogP contribution in [0.5, 0.6) is 5.75 Å². The monoisotopic (exact) mass is 560 g/mol. The van der Waals surface area contributed by atoms with Gasteiger partial charge in [-0.2, -0.15) is 0 Å². The zero-order valence-electron chi connectivity index (χ0n) is 23.0. The highest BCUT2D eigenvalue weighted by Crippen LogP contribution is 2.53. The lowest BCUT2D eigenvalue weighted by molar-refractivity contribution is -0.147. The summed E-state index contributed by atoms with van der Waals surface area (Å²) in [6.45, 7) is 5.63. The van der Waals surface area contributed by atoms with Crippen molar-refractivity contribution in [1.82, 2.24) is 4.98 Å². The molecule has 1 fully saturated rings. The minimum Gasteiger partial charge on any atom is -0.508 e. The Balaban J connectivity index is 1.65. The van der Waals surface area contributed by atoms with Crippen LogP contribution >= 0.6 is 0 Å².